The summed E-state index contributed by atoms with van der Waals surface area (Å²) in [5.74, 6) is -1.19. The number of ether oxygens (including phenoxy) is 2. The van der Waals surface area contributed by atoms with Crippen molar-refractivity contribution in [3.8, 4) is 22.8 Å². The van der Waals surface area contributed by atoms with Crippen LogP contribution in [0, 0.1) is 5.82 Å². The molecule has 1 aliphatic carbocycles. The van der Waals surface area contributed by atoms with Crippen molar-refractivity contribution in [3.63, 3.8) is 0 Å². The average molecular weight is 555 g/mol. The maximum Gasteiger partial charge on any atom is 0.426 e. The van der Waals surface area contributed by atoms with E-state index in [1.165, 1.54) is 12.1 Å². The fourth-order valence-corrected chi connectivity index (χ4v) is 4.86. The van der Waals surface area contributed by atoms with Gasteiger partial charge in [-0.2, -0.15) is 0 Å². The van der Waals surface area contributed by atoms with Gasteiger partial charge in [-0.25, -0.2) is 13.8 Å². The number of nitrogens with zero attached hydrogens (tertiary/aromatic N) is 1. The Morgan fingerprint density at radius 2 is 1.80 bits per heavy atom. The van der Waals surface area contributed by atoms with Gasteiger partial charge in [0.15, 0.2) is 0 Å². The van der Waals surface area contributed by atoms with Crippen LogP contribution >= 0.6 is 27.5 Å². The summed E-state index contributed by atoms with van der Waals surface area (Å²) in [5.41, 5.74) is 1.08. The molecule has 0 amide bonds. The summed E-state index contributed by atoms with van der Waals surface area (Å²) < 4.78 is 33.2. The lowest BCUT2D eigenvalue weighted by atomic mass is 9.81. The topological polar surface area (TPSA) is 70.7 Å². The summed E-state index contributed by atoms with van der Waals surface area (Å²) in [5, 5.41) is -0.218. The first-order valence-corrected chi connectivity index (χ1v) is 11.7. The van der Waals surface area contributed by atoms with E-state index in [1.807, 2.05) is 24.3 Å². The van der Waals surface area contributed by atoms with E-state index in [2.05, 4.69) is 15.9 Å². The second-order valence-corrected chi connectivity index (χ2v) is 9.37. The molecule has 0 saturated heterocycles. The molecule has 174 valence electrons. The summed E-state index contributed by atoms with van der Waals surface area (Å²) >= 11 is 9.29. The molecule has 4 aromatic rings. The lowest BCUT2D eigenvalue weighted by Crippen LogP contribution is -2.36. The molecule has 0 N–H and O–H groups in total. The third-order valence-corrected chi connectivity index (χ3v) is 6.79. The van der Waals surface area contributed by atoms with Crippen LogP contribution in [0.3, 0.4) is 0 Å². The van der Waals surface area contributed by atoms with Crippen molar-refractivity contribution in [2.24, 2.45) is 0 Å². The summed E-state index contributed by atoms with van der Waals surface area (Å²) in [6.45, 7) is 0. The standard InChI is InChI=1S/C26H14BrClFNO5/c27-13-5-8-15(9-6-13)33-21-12-18-22-24(17-4-2-1-3-16(17)23(18)34-21)35-26(32)30(25(22)31)14-7-10-20(29)19(28)11-14/h1-12,18,23H. The van der Waals surface area contributed by atoms with E-state index in [1.54, 1.807) is 30.3 Å². The van der Waals surface area contributed by atoms with Gasteiger partial charge in [0.05, 0.1) is 22.2 Å². The molecule has 6 rings (SSSR count). The van der Waals surface area contributed by atoms with Crippen LogP contribution in [0.2, 0.25) is 5.02 Å². The van der Waals surface area contributed by atoms with Gasteiger partial charge in [-0.15, -0.1) is 0 Å². The van der Waals surface area contributed by atoms with Crippen LogP contribution in [0.5, 0.6) is 5.75 Å². The molecule has 6 nitrogen and oxygen atoms in total. The van der Waals surface area contributed by atoms with E-state index in [9.17, 15) is 14.0 Å². The SMILES string of the molecule is O=c1oc2c(c(=O)n1-c1ccc(F)c(Cl)c1)C1C=C(Oc3ccc(Br)cc3)OC1c1ccccc1-2. The minimum atomic E-state index is -0.904. The van der Waals surface area contributed by atoms with Crippen molar-refractivity contribution in [2.45, 2.75) is 12.0 Å². The predicted octanol–water partition coefficient (Wildman–Crippen LogP) is 6.10. The smallest absolute Gasteiger partial charge is 0.426 e. The van der Waals surface area contributed by atoms with E-state index in [0.29, 0.717) is 11.3 Å². The summed E-state index contributed by atoms with van der Waals surface area (Å²) in [6, 6.07) is 18.1. The summed E-state index contributed by atoms with van der Waals surface area (Å²) in [7, 11) is 0. The minimum absolute atomic E-state index is 0.0996. The normalized spacial score (nSPS) is 17.6. The summed E-state index contributed by atoms with van der Waals surface area (Å²) in [4.78, 5) is 26.6. The van der Waals surface area contributed by atoms with Gasteiger partial charge >= 0.3 is 5.76 Å². The second-order valence-electron chi connectivity index (χ2n) is 8.04. The van der Waals surface area contributed by atoms with Crippen molar-refractivity contribution in [3.05, 3.63) is 126 Å². The molecule has 3 aromatic carbocycles. The van der Waals surface area contributed by atoms with Gasteiger partial charge in [0.25, 0.3) is 11.5 Å². The lowest BCUT2D eigenvalue weighted by Gasteiger charge is -2.27. The lowest BCUT2D eigenvalue weighted by molar-refractivity contribution is 0.0599. The predicted molar refractivity (Wildman–Crippen MR) is 130 cm³/mol. The molecule has 0 spiro atoms. The molecule has 2 atom stereocenters. The third-order valence-electron chi connectivity index (χ3n) is 5.97. The molecule has 0 fully saturated rings. The van der Waals surface area contributed by atoms with E-state index in [-0.39, 0.29) is 28.0 Å². The van der Waals surface area contributed by atoms with Crippen LogP contribution in [0.25, 0.3) is 17.0 Å². The van der Waals surface area contributed by atoms with Gasteiger partial charge < -0.3 is 13.9 Å². The maximum atomic E-state index is 13.7. The molecule has 35 heavy (non-hydrogen) atoms. The molecular formula is C26H14BrClFNO5. The van der Waals surface area contributed by atoms with Gasteiger partial charge in [-0.3, -0.25) is 4.79 Å². The number of halogens is 3. The first-order chi connectivity index (χ1) is 16.9. The van der Waals surface area contributed by atoms with Crippen LogP contribution in [-0.2, 0) is 4.74 Å². The number of hydrogen-bond acceptors (Lipinski definition) is 5. The largest absolute Gasteiger partial charge is 0.456 e. The Labute approximate surface area is 210 Å². The van der Waals surface area contributed by atoms with Crippen LogP contribution < -0.4 is 16.1 Å². The highest BCUT2D eigenvalue weighted by atomic mass is 79.9. The number of aromatic nitrogens is 1. The van der Waals surface area contributed by atoms with Crippen molar-refractivity contribution < 1.29 is 18.3 Å². The second kappa shape index (κ2) is 8.25. The Morgan fingerprint density at radius 1 is 1.03 bits per heavy atom. The van der Waals surface area contributed by atoms with Crippen molar-refractivity contribution in [1.29, 1.82) is 0 Å². The molecule has 2 unspecified atom stereocenters. The van der Waals surface area contributed by atoms with Gasteiger partial charge in [-0.05, 0) is 42.5 Å². The number of hydrogen-bond donors (Lipinski definition) is 0. The number of benzene rings is 3. The van der Waals surface area contributed by atoms with E-state index in [0.717, 1.165) is 20.7 Å². The van der Waals surface area contributed by atoms with Gasteiger partial charge in [0.2, 0.25) is 0 Å². The molecule has 1 aromatic heterocycles. The molecular weight excluding hydrogens is 541 g/mol. The van der Waals surface area contributed by atoms with Crippen LogP contribution in [0.15, 0.2) is 97.2 Å². The van der Waals surface area contributed by atoms with Crippen LogP contribution in [0.1, 0.15) is 23.1 Å². The molecule has 2 aliphatic rings. The Kier molecular flexibility index (Phi) is 5.16. The third kappa shape index (κ3) is 3.61. The zero-order valence-corrected chi connectivity index (χ0v) is 20.0. The Balaban J connectivity index is 1.53. The highest BCUT2D eigenvalue weighted by molar-refractivity contribution is 9.10. The van der Waals surface area contributed by atoms with Gasteiger partial charge in [-0.1, -0.05) is 51.8 Å². The minimum Gasteiger partial charge on any atom is -0.456 e. The van der Waals surface area contributed by atoms with Crippen LogP contribution in [-0.4, -0.2) is 4.57 Å². The zero-order valence-electron chi connectivity index (χ0n) is 17.7. The molecule has 9 heteroatoms. The molecule has 1 aliphatic heterocycles. The quantitative estimate of drug-likeness (QED) is 0.306. The fourth-order valence-electron chi connectivity index (χ4n) is 4.42. The Hall–Kier alpha value is -3.62. The number of fused-ring (bicyclic) bond motifs is 6. The summed E-state index contributed by atoms with van der Waals surface area (Å²) in [6.07, 6.45) is 1.14. The maximum absolute atomic E-state index is 13.7. The Bertz CT molecular complexity index is 1640. The Morgan fingerprint density at radius 3 is 2.57 bits per heavy atom. The molecule has 0 bridgehead atoms. The highest BCUT2D eigenvalue weighted by Gasteiger charge is 2.43. The van der Waals surface area contributed by atoms with Gasteiger partial charge in [0, 0.05) is 21.7 Å². The van der Waals surface area contributed by atoms with Crippen LogP contribution in [0.4, 0.5) is 4.39 Å². The molecule has 2 heterocycles. The van der Waals surface area contributed by atoms with Gasteiger partial charge in [0.1, 0.15) is 23.4 Å². The highest BCUT2D eigenvalue weighted by Crippen LogP contribution is 2.51. The van der Waals surface area contributed by atoms with E-state index in [4.69, 9.17) is 25.5 Å². The monoisotopic (exact) mass is 553 g/mol. The van der Waals surface area contributed by atoms with E-state index >= 15 is 0 Å². The fraction of sp³-hybridized carbons (Fsp3) is 0.0769. The molecule has 0 saturated carbocycles. The zero-order chi connectivity index (χ0) is 24.3. The van der Waals surface area contributed by atoms with Crippen molar-refractivity contribution >= 4 is 27.5 Å². The average Bonchev–Trinajstić information content (AvgIpc) is 3.26. The van der Waals surface area contributed by atoms with E-state index < -0.39 is 29.2 Å². The molecule has 0 radical (unpaired) electrons. The first-order valence-electron chi connectivity index (χ1n) is 10.6. The van der Waals surface area contributed by atoms with Crippen molar-refractivity contribution in [1.82, 2.24) is 4.57 Å². The number of rotatable bonds is 3. The van der Waals surface area contributed by atoms with Crippen molar-refractivity contribution in [2.75, 3.05) is 0 Å². The first kappa shape index (κ1) is 21.9.